The first-order valence-corrected chi connectivity index (χ1v) is 4.88. The van der Waals surface area contributed by atoms with Crippen molar-refractivity contribution in [2.45, 2.75) is 13.0 Å². The van der Waals surface area contributed by atoms with E-state index in [2.05, 4.69) is 9.97 Å². The van der Waals surface area contributed by atoms with Gasteiger partial charge in [0.15, 0.2) is 0 Å². The molecule has 0 bridgehead atoms. The number of nitrogens with zero attached hydrogens (tertiary/aromatic N) is 2. The normalized spacial score (nSPS) is 12.4. The summed E-state index contributed by atoms with van der Waals surface area (Å²) < 4.78 is 12.7. The van der Waals surface area contributed by atoms with Gasteiger partial charge in [0.1, 0.15) is 11.9 Å². The quantitative estimate of drug-likeness (QED) is 0.838. The number of halogens is 1. The smallest absolute Gasteiger partial charge is 0.141 e. The fourth-order valence-corrected chi connectivity index (χ4v) is 1.45. The number of hydrogen-bond donors (Lipinski definition) is 1. The summed E-state index contributed by atoms with van der Waals surface area (Å²) in [5, 5.41) is 9.98. The van der Waals surface area contributed by atoms with Crippen molar-refractivity contribution < 1.29 is 9.50 Å². The van der Waals surface area contributed by atoms with Gasteiger partial charge in [0.05, 0.1) is 11.9 Å². The molecule has 0 aliphatic heterocycles. The number of hydrogen-bond acceptors (Lipinski definition) is 3. The van der Waals surface area contributed by atoms with E-state index < -0.39 is 11.9 Å². The third kappa shape index (κ3) is 2.23. The van der Waals surface area contributed by atoms with Gasteiger partial charge in [-0.15, -0.1) is 0 Å². The second kappa shape index (κ2) is 4.37. The number of aliphatic hydroxyl groups is 1. The predicted molar refractivity (Wildman–Crippen MR) is 57.2 cm³/mol. The Morgan fingerprint density at radius 1 is 1.25 bits per heavy atom. The van der Waals surface area contributed by atoms with Gasteiger partial charge in [-0.3, -0.25) is 9.97 Å². The molecule has 0 aliphatic rings. The van der Waals surface area contributed by atoms with Crippen LogP contribution in [0.3, 0.4) is 0 Å². The Hall–Kier alpha value is -1.81. The highest BCUT2D eigenvalue weighted by Crippen LogP contribution is 2.19. The van der Waals surface area contributed by atoms with Crippen LogP contribution < -0.4 is 0 Å². The molecule has 1 unspecified atom stereocenters. The van der Waals surface area contributed by atoms with Crippen LogP contribution in [0.15, 0.2) is 36.8 Å². The molecule has 0 spiro atoms. The first-order valence-electron chi connectivity index (χ1n) is 4.88. The predicted octanol–water partition coefficient (Wildman–Crippen LogP) is 2.01. The first-order chi connectivity index (χ1) is 7.66. The summed E-state index contributed by atoms with van der Waals surface area (Å²) in [5.41, 5.74) is 2.02. The first kappa shape index (κ1) is 10.7. The highest BCUT2D eigenvalue weighted by atomic mass is 19.1. The number of aliphatic hydroxyl groups excluding tert-OH is 1. The molecular weight excluding hydrogens is 207 g/mol. The molecule has 2 aromatic rings. The van der Waals surface area contributed by atoms with Gasteiger partial charge in [-0.1, -0.05) is 6.07 Å². The van der Waals surface area contributed by atoms with Gasteiger partial charge in [0.2, 0.25) is 0 Å². The van der Waals surface area contributed by atoms with Crippen LogP contribution in [0.4, 0.5) is 4.39 Å². The largest absolute Gasteiger partial charge is 0.382 e. The summed E-state index contributed by atoms with van der Waals surface area (Å²) in [6.45, 7) is 1.89. The summed E-state index contributed by atoms with van der Waals surface area (Å²) in [5.74, 6) is -0.418. The summed E-state index contributed by atoms with van der Waals surface area (Å²) >= 11 is 0. The monoisotopic (exact) mass is 218 g/mol. The van der Waals surface area contributed by atoms with Crippen molar-refractivity contribution >= 4 is 0 Å². The van der Waals surface area contributed by atoms with Gasteiger partial charge in [-0.25, -0.2) is 4.39 Å². The van der Waals surface area contributed by atoms with E-state index in [0.717, 1.165) is 11.8 Å². The van der Waals surface area contributed by atoms with Crippen molar-refractivity contribution in [1.29, 1.82) is 0 Å². The molecule has 2 rings (SSSR count). The maximum atomic E-state index is 12.7. The van der Waals surface area contributed by atoms with E-state index in [4.69, 9.17) is 0 Å². The Morgan fingerprint density at radius 2 is 2.06 bits per heavy atom. The number of rotatable bonds is 2. The molecule has 0 aromatic carbocycles. The zero-order valence-corrected chi connectivity index (χ0v) is 8.76. The molecule has 82 valence electrons. The van der Waals surface area contributed by atoms with Crippen LogP contribution in [-0.4, -0.2) is 15.1 Å². The van der Waals surface area contributed by atoms with E-state index in [1.807, 2.05) is 13.0 Å². The van der Waals surface area contributed by atoms with E-state index in [0.29, 0.717) is 11.3 Å². The van der Waals surface area contributed by atoms with Crippen molar-refractivity contribution in [3.63, 3.8) is 0 Å². The van der Waals surface area contributed by atoms with E-state index >= 15 is 0 Å². The van der Waals surface area contributed by atoms with Gasteiger partial charge in [-0.05, 0) is 24.6 Å². The molecule has 1 N–H and O–H groups in total. The van der Waals surface area contributed by atoms with Crippen LogP contribution in [0.25, 0.3) is 0 Å². The zero-order valence-electron chi connectivity index (χ0n) is 8.76. The van der Waals surface area contributed by atoms with Gasteiger partial charge < -0.3 is 5.11 Å². The average molecular weight is 218 g/mol. The Bertz CT molecular complexity index is 485. The Balaban J connectivity index is 2.31. The lowest BCUT2D eigenvalue weighted by Crippen LogP contribution is -2.03. The maximum absolute atomic E-state index is 12.7. The molecule has 0 saturated heterocycles. The highest BCUT2D eigenvalue weighted by molar-refractivity contribution is 5.25. The molecule has 2 aromatic heterocycles. The molecule has 0 amide bonds. The molecule has 1 atom stereocenters. The van der Waals surface area contributed by atoms with Gasteiger partial charge in [0, 0.05) is 18.0 Å². The molecule has 0 aliphatic carbocycles. The van der Waals surface area contributed by atoms with Crippen molar-refractivity contribution in [3.05, 3.63) is 59.4 Å². The lowest BCUT2D eigenvalue weighted by atomic mass is 10.1. The standard InChI is InChI=1S/C12H11FN2O/c1-8-4-9(6-14-5-8)12(16)11-3-2-10(13)7-15-11/h2-7,12,16H,1H3. The van der Waals surface area contributed by atoms with E-state index in [-0.39, 0.29) is 0 Å². The molecule has 16 heavy (non-hydrogen) atoms. The summed E-state index contributed by atoms with van der Waals surface area (Å²) in [7, 11) is 0. The zero-order chi connectivity index (χ0) is 11.5. The Labute approximate surface area is 92.6 Å². The van der Waals surface area contributed by atoms with Crippen LogP contribution in [0.5, 0.6) is 0 Å². The average Bonchev–Trinajstić information content (AvgIpc) is 2.29. The van der Waals surface area contributed by atoms with Gasteiger partial charge >= 0.3 is 0 Å². The van der Waals surface area contributed by atoms with E-state index in [1.54, 1.807) is 12.4 Å². The summed E-state index contributed by atoms with van der Waals surface area (Å²) in [4.78, 5) is 7.82. The minimum atomic E-state index is -0.868. The van der Waals surface area contributed by atoms with Crippen LogP contribution in [0.1, 0.15) is 22.9 Å². The molecular formula is C12H11FN2O. The molecule has 4 heteroatoms. The third-order valence-corrected chi connectivity index (χ3v) is 2.24. The SMILES string of the molecule is Cc1cncc(C(O)c2ccc(F)cn2)c1. The van der Waals surface area contributed by atoms with Gasteiger partial charge in [0.25, 0.3) is 0 Å². The Kier molecular flexibility index (Phi) is 2.92. The molecule has 0 radical (unpaired) electrons. The van der Waals surface area contributed by atoms with Crippen molar-refractivity contribution in [2.24, 2.45) is 0 Å². The minimum absolute atomic E-state index is 0.411. The third-order valence-electron chi connectivity index (χ3n) is 2.24. The van der Waals surface area contributed by atoms with E-state index in [9.17, 15) is 9.50 Å². The minimum Gasteiger partial charge on any atom is -0.382 e. The van der Waals surface area contributed by atoms with Crippen LogP contribution >= 0.6 is 0 Å². The second-order valence-corrected chi connectivity index (χ2v) is 3.60. The van der Waals surface area contributed by atoms with Crippen LogP contribution in [0.2, 0.25) is 0 Å². The van der Waals surface area contributed by atoms with Crippen molar-refractivity contribution in [1.82, 2.24) is 9.97 Å². The van der Waals surface area contributed by atoms with Crippen LogP contribution in [-0.2, 0) is 0 Å². The fourth-order valence-electron chi connectivity index (χ4n) is 1.45. The molecule has 2 heterocycles. The maximum Gasteiger partial charge on any atom is 0.141 e. The molecule has 3 nitrogen and oxygen atoms in total. The highest BCUT2D eigenvalue weighted by Gasteiger charge is 2.12. The van der Waals surface area contributed by atoms with Crippen LogP contribution in [0, 0.1) is 12.7 Å². The molecule has 0 fully saturated rings. The summed E-state index contributed by atoms with van der Waals surface area (Å²) in [6.07, 6.45) is 3.49. The lowest BCUT2D eigenvalue weighted by molar-refractivity contribution is 0.214. The van der Waals surface area contributed by atoms with E-state index in [1.165, 1.54) is 12.1 Å². The number of pyridine rings is 2. The second-order valence-electron chi connectivity index (χ2n) is 3.60. The number of aryl methyl sites for hydroxylation is 1. The molecule has 0 saturated carbocycles. The number of aromatic nitrogens is 2. The summed E-state index contributed by atoms with van der Waals surface area (Å²) in [6, 6.07) is 4.56. The van der Waals surface area contributed by atoms with Gasteiger partial charge in [-0.2, -0.15) is 0 Å². The lowest BCUT2D eigenvalue weighted by Gasteiger charge is -2.10. The van der Waals surface area contributed by atoms with Crippen molar-refractivity contribution in [2.75, 3.05) is 0 Å². The Morgan fingerprint density at radius 3 is 2.69 bits per heavy atom. The topological polar surface area (TPSA) is 46.0 Å². The fraction of sp³-hybridized carbons (Fsp3) is 0.167. The van der Waals surface area contributed by atoms with Crippen molar-refractivity contribution in [3.8, 4) is 0 Å².